The van der Waals surface area contributed by atoms with Gasteiger partial charge in [-0.2, -0.15) is 0 Å². The summed E-state index contributed by atoms with van der Waals surface area (Å²) < 4.78 is 0. The number of nitrogens with one attached hydrogen (secondary N) is 2. The highest BCUT2D eigenvalue weighted by atomic mass is 16.1. The van der Waals surface area contributed by atoms with Gasteiger partial charge in [0, 0.05) is 31.9 Å². The summed E-state index contributed by atoms with van der Waals surface area (Å²) >= 11 is 0. The average Bonchev–Trinajstić information content (AvgIpc) is 2.59. The molecular formula is C18H19N5O. The van der Waals surface area contributed by atoms with E-state index in [0.29, 0.717) is 18.1 Å². The smallest absolute Gasteiger partial charge is 0.274 e. The molecule has 0 aliphatic heterocycles. The molecule has 1 heterocycles. The summed E-state index contributed by atoms with van der Waals surface area (Å²) in [5, 5.41) is 11.2. The molecule has 0 radical (unpaired) electrons. The predicted molar refractivity (Wildman–Crippen MR) is 96.0 cm³/mol. The van der Waals surface area contributed by atoms with Crippen molar-refractivity contribution in [2.24, 2.45) is 0 Å². The van der Waals surface area contributed by atoms with Crippen LogP contribution in [0, 0.1) is 0 Å². The Morgan fingerprint density at radius 1 is 1.00 bits per heavy atom. The fourth-order valence-electron chi connectivity index (χ4n) is 2.30. The van der Waals surface area contributed by atoms with E-state index in [1.165, 1.54) is 0 Å². The van der Waals surface area contributed by atoms with Crippen molar-refractivity contribution in [3.8, 4) is 0 Å². The maximum atomic E-state index is 12.2. The lowest BCUT2D eigenvalue weighted by molar-refractivity contribution is 0.874. The van der Waals surface area contributed by atoms with E-state index in [0.717, 1.165) is 16.9 Å². The molecule has 0 amide bonds. The number of nitrogens with zero attached hydrogens (tertiary/aromatic N) is 3. The van der Waals surface area contributed by atoms with Crippen LogP contribution in [0.15, 0.2) is 59.4 Å². The Morgan fingerprint density at radius 3 is 2.33 bits per heavy atom. The first-order valence-electron chi connectivity index (χ1n) is 7.66. The molecule has 0 saturated carbocycles. The lowest BCUT2D eigenvalue weighted by Gasteiger charge is -2.13. The SMILES string of the molecule is CN(C)c1ccc(Nc2nnc(Cc3ccccc3)c(=O)[nH]2)cc1. The van der Waals surface area contributed by atoms with Gasteiger partial charge in [-0.3, -0.25) is 9.78 Å². The summed E-state index contributed by atoms with van der Waals surface area (Å²) in [6, 6.07) is 17.5. The molecule has 0 saturated heterocycles. The van der Waals surface area contributed by atoms with Gasteiger partial charge >= 0.3 is 0 Å². The summed E-state index contributed by atoms with van der Waals surface area (Å²) in [5.74, 6) is 0.328. The van der Waals surface area contributed by atoms with E-state index in [9.17, 15) is 4.79 Å². The maximum Gasteiger partial charge on any atom is 0.274 e. The van der Waals surface area contributed by atoms with Crippen LogP contribution in [0.3, 0.4) is 0 Å². The van der Waals surface area contributed by atoms with Gasteiger partial charge in [0.05, 0.1) is 0 Å². The zero-order chi connectivity index (χ0) is 16.9. The molecule has 0 spiro atoms. The number of aromatic amines is 1. The molecule has 0 bridgehead atoms. The Morgan fingerprint density at radius 2 is 1.71 bits per heavy atom. The van der Waals surface area contributed by atoms with Crippen molar-refractivity contribution in [2.45, 2.75) is 6.42 Å². The highest BCUT2D eigenvalue weighted by Gasteiger charge is 2.06. The fraction of sp³-hybridized carbons (Fsp3) is 0.167. The second-order valence-corrected chi connectivity index (χ2v) is 5.68. The first kappa shape index (κ1) is 15.7. The second kappa shape index (κ2) is 6.95. The molecule has 1 aromatic heterocycles. The first-order chi connectivity index (χ1) is 11.6. The highest BCUT2D eigenvalue weighted by molar-refractivity contribution is 5.58. The van der Waals surface area contributed by atoms with Gasteiger partial charge in [0.25, 0.3) is 5.56 Å². The van der Waals surface area contributed by atoms with Gasteiger partial charge in [0.15, 0.2) is 0 Å². The Balaban J connectivity index is 1.73. The van der Waals surface area contributed by atoms with Crippen molar-refractivity contribution in [1.29, 1.82) is 0 Å². The van der Waals surface area contributed by atoms with Gasteiger partial charge < -0.3 is 10.2 Å². The fourth-order valence-corrected chi connectivity index (χ4v) is 2.30. The largest absolute Gasteiger partial charge is 0.378 e. The number of rotatable bonds is 5. The number of hydrogen-bond acceptors (Lipinski definition) is 5. The number of hydrogen-bond donors (Lipinski definition) is 2. The van der Waals surface area contributed by atoms with Crippen LogP contribution in [0.2, 0.25) is 0 Å². The van der Waals surface area contributed by atoms with Crippen LogP contribution >= 0.6 is 0 Å². The molecule has 6 nitrogen and oxygen atoms in total. The van der Waals surface area contributed by atoms with Crippen molar-refractivity contribution in [3.05, 3.63) is 76.2 Å². The Labute approximate surface area is 140 Å². The predicted octanol–water partition coefficient (Wildman–Crippen LogP) is 2.57. The van der Waals surface area contributed by atoms with E-state index in [4.69, 9.17) is 0 Å². The third kappa shape index (κ3) is 3.78. The zero-order valence-corrected chi connectivity index (χ0v) is 13.7. The van der Waals surface area contributed by atoms with Crippen molar-refractivity contribution < 1.29 is 0 Å². The molecule has 6 heteroatoms. The molecule has 2 N–H and O–H groups in total. The molecular weight excluding hydrogens is 302 g/mol. The molecule has 122 valence electrons. The van der Waals surface area contributed by atoms with Gasteiger partial charge in [-0.25, -0.2) is 0 Å². The van der Waals surface area contributed by atoms with Crippen LogP contribution in [0.25, 0.3) is 0 Å². The van der Waals surface area contributed by atoms with Crippen LogP contribution in [0.5, 0.6) is 0 Å². The van der Waals surface area contributed by atoms with Crippen LogP contribution in [-0.4, -0.2) is 29.3 Å². The lowest BCUT2D eigenvalue weighted by atomic mass is 10.1. The van der Waals surface area contributed by atoms with Crippen molar-refractivity contribution in [1.82, 2.24) is 15.2 Å². The molecule has 24 heavy (non-hydrogen) atoms. The summed E-state index contributed by atoms with van der Waals surface area (Å²) in [4.78, 5) is 16.9. The zero-order valence-electron chi connectivity index (χ0n) is 13.7. The van der Waals surface area contributed by atoms with Crippen molar-refractivity contribution in [2.75, 3.05) is 24.3 Å². The number of anilines is 3. The standard InChI is InChI=1S/C18H19N5O/c1-23(2)15-10-8-14(9-11-15)19-18-20-17(24)16(21-22-18)12-13-6-4-3-5-7-13/h3-11H,12H2,1-2H3,(H2,19,20,22,24). The topological polar surface area (TPSA) is 73.9 Å². The van der Waals surface area contributed by atoms with Crippen LogP contribution in [-0.2, 0) is 6.42 Å². The molecule has 0 fully saturated rings. The molecule has 3 rings (SSSR count). The van der Waals surface area contributed by atoms with Gasteiger partial charge in [0.1, 0.15) is 5.69 Å². The lowest BCUT2D eigenvalue weighted by Crippen LogP contribution is -2.18. The van der Waals surface area contributed by atoms with Crippen LogP contribution in [0.4, 0.5) is 17.3 Å². The van der Waals surface area contributed by atoms with Gasteiger partial charge in [0.2, 0.25) is 5.95 Å². The molecule has 0 atom stereocenters. The number of H-pyrrole nitrogens is 1. The minimum absolute atomic E-state index is 0.235. The minimum atomic E-state index is -0.235. The van der Waals surface area contributed by atoms with E-state index in [2.05, 4.69) is 20.5 Å². The number of aromatic nitrogens is 3. The van der Waals surface area contributed by atoms with E-state index < -0.39 is 0 Å². The second-order valence-electron chi connectivity index (χ2n) is 5.68. The quantitative estimate of drug-likeness (QED) is 0.755. The van der Waals surface area contributed by atoms with Gasteiger partial charge in [-0.1, -0.05) is 30.3 Å². The van der Waals surface area contributed by atoms with Crippen LogP contribution in [0.1, 0.15) is 11.3 Å². The van der Waals surface area contributed by atoms with Gasteiger partial charge in [-0.05, 0) is 29.8 Å². The summed E-state index contributed by atoms with van der Waals surface area (Å²) in [6.07, 6.45) is 0.459. The Bertz CT molecular complexity index is 857. The van der Waals surface area contributed by atoms with E-state index >= 15 is 0 Å². The maximum absolute atomic E-state index is 12.2. The minimum Gasteiger partial charge on any atom is -0.378 e. The molecule has 3 aromatic rings. The third-order valence-corrected chi connectivity index (χ3v) is 3.63. The molecule has 0 aliphatic rings. The van der Waals surface area contributed by atoms with Gasteiger partial charge in [-0.15, -0.1) is 10.2 Å². The summed E-state index contributed by atoms with van der Waals surface area (Å²) in [6.45, 7) is 0. The first-order valence-corrected chi connectivity index (χ1v) is 7.66. The molecule has 0 unspecified atom stereocenters. The summed E-state index contributed by atoms with van der Waals surface area (Å²) in [5.41, 5.74) is 3.12. The molecule has 0 aliphatic carbocycles. The van der Waals surface area contributed by atoms with Crippen molar-refractivity contribution in [3.63, 3.8) is 0 Å². The number of benzene rings is 2. The average molecular weight is 321 g/mol. The molecule has 2 aromatic carbocycles. The Hall–Kier alpha value is -3.15. The van der Waals surface area contributed by atoms with Crippen molar-refractivity contribution >= 4 is 17.3 Å². The summed E-state index contributed by atoms with van der Waals surface area (Å²) in [7, 11) is 3.97. The monoisotopic (exact) mass is 321 g/mol. The highest BCUT2D eigenvalue weighted by Crippen LogP contribution is 2.17. The van der Waals surface area contributed by atoms with E-state index in [1.807, 2.05) is 73.6 Å². The van der Waals surface area contributed by atoms with E-state index in [1.54, 1.807) is 0 Å². The normalized spacial score (nSPS) is 10.4. The Kier molecular flexibility index (Phi) is 4.56. The van der Waals surface area contributed by atoms with E-state index in [-0.39, 0.29) is 5.56 Å². The third-order valence-electron chi connectivity index (χ3n) is 3.63. The van der Waals surface area contributed by atoms with Crippen LogP contribution < -0.4 is 15.8 Å².